The van der Waals surface area contributed by atoms with Gasteiger partial charge in [-0.3, -0.25) is 0 Å². The zero-order valence-electron chi connectivity index (χ0n) is 4.94. The molecule has 0 rings (SSSR count). The van der Waals surface area contributed by atoms with Gasteiger partial charge < -0.3 is 0 Å². The Balaban J connectivity index is 3.25. The van der Waals surface area contributed by atoms with Crippen LogP contribution in [0, 0.1) is 5.92 Å². The standard InChI is InChI=1S/C7H11/c1-4-5-6-7(2)3/h4-6H,1H2,2-3H3. The largest absolute Gasteiger partial charge is 0.0991 e. The second kappa shape index (κ2) is 3.66. The van der Waals surface area contributed by atoms with Gasteiger partial charge in [0.2, 0.25) is 0 Å². The normalized spacial score (nSPS) is 10.7. The first-order valence-electron chi connectivity index (χ1n) is 2.36. The van der Waals surface area contributed by atoms with E-state index in [1.165, 1.54) is 5.92 Å². The van der Waals surface area contributed by atoms with E-state index in [2.05, 4.69) is 20.4 Å². The van der Waals surface area contributed by atoms with Crippen LogP contribution in [0.3, 0.4) is 0 Å². The van der Waals surface area contributed by atoms with Crippen LogP contribution in [0.5, 0.6) is 0 Å². The molecular weight excluding hydrogens is 84.1 g/mol. The van der Waals surface area contributed by atoms with E-state index in [-0.39, 0.29) is 0 Å². The minimum absolute atomic E-state index is 1.31. The van der Waals surface area contributed by atoms with Crippen LogP contribution in [0.25, 0.3) is 0 Å². The van der Waals surface area contributed by atoms with Crippen molar-refractivity contribution in [2.75, 3.05) is 0 Å². The highest BCUT2D eigenvalue weighted by atomic mass is 13.8. The van der Waals surface area contributed by atoms with E-state index in [9.17, 15) is 0 Å². The van der Waals surface area contributed by atoms with Crippen molar-refractivity contribution in [3.05, 3.63) is 30.7 Å². The van der Waals surface area contributed by atoms with E-state index in [0.717, 1.165) is 0 Å². The van der Waals surface area contributed by atoms with Crippen molar-refractivity contribution in [3.8, 4) is 0 Å². The number of allylic oxidation sites excluding steroid dienone is 3. The van der Waals surface area contributed by atoms with Crippen LogP contribution >= 0.6 is 0 Å². The smallest absolute Gasteiger partial charge is 0.00860 e. The van der Waals surface area contributed by atoms with E-state index in [1.54, 1.807) is 6.08 Å². The molecule has 0 aromatic rings. The summed E-state index contributed by atoms with van der Waals surface area (Å²) in [5, 5.41) is 0. The van der Waals surface area contributed by atoms with Gasteiger partial charge in [0.05, 0.1) is 0 Å². The molecule has 7 heavy (non-hydrogen) atoms. The third kappa shape index (κ3) is 5.48. The molecule has 0 aromatic carbocycles. The lowest BCUT2D eigenvalue weighted by molar-refractivity contribution is 1.21. The van der Waals surface area contributed by atoms with Crippen molar-refractivity contribution in [3.63, 3.8) is 0 Å². The fourth-order valence-electron chi connectivity index (χ4n) is 0.260. The van der Waals surface area contributed by atoms with Crippen LogP contribution in [-0.2, 0) is 0 Å². The van der Waals surface area contributed by atoms with E-state index >= 15 is 0 Å². The summed E-state index contributed by atoms with van der Waals surface area (Å²) in [6, 6.07) is 0. The zero-order chi connectivity index (χ0) is 5.70. The summed E-state index contributed by atoms with van der Waals surface area (Å²) in [7, 11) is 0. The Morgan fingerprint density at radius 1 is 1.43 bits per heavy atom. The molecule has 0 heteroatoms. The quantitative estimate of drug-likeness (QED) is 0.462. The van der Waals surface area contributed by atoms with Crippen LogP contribution in [-0.4, -0.2) is 0 Å². The van der Waals surface area contributed by atoms with Crippen LogP contribution in [0.4, 0.5) is 0 Å². The van der Waals surface area contributed by atoms with Crippen LogP contribution in [0.2, 0.25) is 0 Å². The highest BCUT2D eigenvalue weighted by Crippen LogP contribution is 1.94. The molecule has 1 radical (unpaired) electrons. The van der Waals surface area contributed by atoms with Gasteiger partial charge in [0, 0.05) is 0 Å². The first kappa shape index (κ1) is 6.48. The molecule has 0 amide bonds. The predicted molar refractivity (Wildman–Crippen MR) is 33.9 cm³/mol. The van der Waals surface area contributed by atoms with E-state index < -0.39 is 0 Å². The molecule has 0 fully saturated rings. The van der Waals surface area contributed by atoms with Gasteiger partial charge in [-0.1, -0.05) is 38.7 Å². The lowest BCUT2D eigenvalue weighted by Crippen LogP contribution is -1.70. The first-order valence-corrected chi connectivity index (χ1v) is 2.36. The van der Waals surface area contributed by atoms with Crippen molar-refractivity contribution in [1.82, 2.24) is 0 Å². The fraction of sp³-hybridized carbons (Fsp3) is 0.286. The van der Waals surface area contributed by atoms with Crippen LogP contribution in [0.15, 0.2) is 24.8 Å². The lowest BCUT2D eigenvalue weighted by Gasteiger charge is -1.86. The summed E-state index contributed by atoms with van der Waals surface area (Å²) >= 11 is 0. The summed E-state index contributed by atoms with van der Waals surface area (Å²) in [6.07, 6.45) is 5.72. The molecular formula is C7H11. The summed E-state index contributed by atoms with van der Waals surface area (Å²) < 4.78 is 0. The van der Waals surface area contributed by atoms with Gasteiger partial charge in [0.25, 0.3) is 0 Å². The number of hydrogen-bond donors (Lipinski definition) is 0. The van der Waals surface area contributed by atoms with Crippen molar-refractivity contribution < 1.29 is 0 Å². The van der Waals surface area contributed by atoms with Crippen LogP contribution in [0.1, 0.15) is 13.8 Å². The van der Waals surface area contributed by atoms with E-state index in [4.69, 9.17) is 0 Å². The summed E-state index contributed by atoms with van der Waals surface area (Å²) in [5.74, 6) is 1.31. The predicted octanol–water partition coefficient (Wildman–Crippen LogP) is 2.34. The SMILES string of the molecule is C=CC=C[C](C)C. The molecule has 0 aliphatic carbocycles. The Morgan fingerprint density at radius 2 is 2.00 bits per heavy atom. The molecule has 0 N–H and O–H groups in total. The molecule has 0 aliphatic rings. The summed E-state index contributed by atoms with van der Waals surface area (Å²) in [4.78, 5) is 0. The highest BCUT2D eigenvalue weighted by molar-refractivity contribution is 5.09. The Bertz CT molecular complexity index is 68.1. The van der Waals surface area contributed by atoms with Gasteiger partial charge in [0.15, 0.2) is 0 Å². The average Bonchev–Trinajstić information content (AvgIpc) is 1.61. The molecule has 0 heterocycles. The Morgan fingerprint density at radius 3 is 2.14 bits per heavy atom. The van der Waals surface area contributed by atoms with E-state index in [1.807, 2.05) is 12.2 Å². The average molecular weight is 95.2 g/mol. The van der Waals surface area contributed by atoms with Gasteiger partial charge in [-0.2, -0.15) is 0 Å². The summed E-state index contributed by atoms with van der Waals surface area (Å²) in [5.41, 5.74) is 0. The minimum Gasteiger partial charge on any atom is -0.0991 e. The van der Waals surface area contributed by atoms with Crippen molar-refractivity contribution >= 4 is 0 Å². The van der Waals surface area contributed by atoms with Gasteiger partial charge >= 0.3 is 0 Å². The van der Waals surface area contributed by atoms with Crippen LogP contribution < -0.4 is 0 Å². The molecule has 0 bridgehead atoms. The Hall–Kier alpha value is -0.520. The van der Waals surface area contributed by atoms with Gasteiger partial charge in [-0.15, -0.1) is 0 Å². The Kier molecular flexibility index (Phi) is 3.39. The highest BCUT2D eigenvalue weighted by Gasteiger charge is 1.78. The minimum atomic E-state index is 1.31. The number of hydrogen-bond acceptors (Lipinski definition) is 0. The third-order valence-electron chi connectivity index (χ3n) is 0.566. The molecule has 39 valence electrons. The second-order valence-corrected chi connectivity index (χ2v) is 1.67. The molecule has 0 unspecified atom stereocenters. The molecule has 0 saturated carbocycles. The second-order valence-electron chi connectivity index (χ2n) is 1.67. The third-order valence-corrected chi connectivity index (χ3v) is 0.566. The maximum atomic E-state index is 3.53. The maximum absolute atomic E-state index is 3.53. The molecule has 0 atom stereocenters. The van der Waals surface area contributed by atoms with E-state index in [0.29, 0.717) is 0 Å². The lowest BCUT2D eigenvalue weighted by atomic mass is 10.2. The zero-order valence-corrected chi connectivity index (χ0v) is 4.94. The molecule has 0 aromatic heterocycles. The first-order chi connectivity index (χ1) is 3.27. The topological polar surface area (TPSA) is 0 Å². The maximum Gasteiger partial charge on any atom is -0.00860 e. The monoisotopic (exact) mass is 95.1 g/mol. The molecule has 0 aliphatic heterocycles. The van der Waals surface area contributed by atoms with Gasteiger partial charge in [0.1, 0.15) is 0 Å². The van der Waals surface area contributed by atoms with Crippen molar-refractivity contribution in [1.29, 1.82) is 0 Å². The van der Waals surface area contributed by atoms with Gasteiger partial charge in [-0.25, -0.2) is 0 Å². The molecule has 0 spiro atoms. The molecule has 0 saturated heterocycles. The van der Waals surface area contributed by atoms with Gasteiger partial charge in [-0.05, 0) is 5.92 Å². The van der Waals surface area contributed by atoms with Crippen molar-refractivity contribution in [2.45, 2.75) is 13.8 Å². The van der Waals surface area contributed by atoms with Crippen molar-refractivity contribution in [2.24, 2.45) is 0 Å². The number of rotatable bonds is 2. The Labute approximate surface area is 45.5 Å². The summed E-state index contributed by atoms with van der Waals surface area (Å²) in [6.45, 7) is 7.64. The molecule has 0 nitrogen and oxygen atoms in total. The fourth-order valence-corrected chi connectivity index (χ4v) is 0.260.